The molecule has 2 fully saturated rings. The predicted molar refractivity (Wildman–Crippen MR) is 138 cm³/mol. The molecule has 1 atom stereocenters. The van der Waals surface area contributed by atoms with Crippen molar-refractivity contribution in [2.75, 3.05) is 48.4 Å². The molecule has 0 aliphatic carbocycles. The first-order valence-corrected chi connectivity index (χ1v) is 12.4. The molecule has 2 aliphatic heterocycles. The number of pyridine rings is 1. The number of anilines is 4. The quantitative estimate of drug-likeness (QED) is 0.457. The van der Waals surface area contributed by atoms with Gasteiger partial charge in [0.15, 0.2) is 5.82 Å². The summed E-state index contributed by atoms with van der Waals surface area (Å²) in [6.45, 7) is 6.75. The number of aromatic nitrogens is 5. The number of aromatic amines is 1. The molecule has 0 spiro atoms. The van der Waals surface area contributed by atoms with Crippen LogP contribution in [0.1, 0.15) is 30.7 Å². The maximum Gasteiger partial charge on any atom is 0.252 e. The summed E-state index contributed by atoms with van der Waals surface area (Å²) in [6, 6.07) is 9.78. The lowest BCUT2D eigenvalue weighted by Gasteiger charge is -2.40. The number of nitrogens with one attached hydrogen (secondary N) is 3. The second-order valence-electron chi connectivity index (χ2n) is 9.53. The van der Waals surface area contributed by atoms with Crippen LogP contribution in [0.15, 0.2) is 36.5 Å². The molecule has 5 heterocycles. The average molecular weight is 492 g/mol. The summed E-state index contributed by atoms with van der Waals surface area (Å²) < 4.78 is 5.85. The molecule has 36 heavy (non-hydrogen) atoms. The van der Waals surface area contributed by atoms with Gasteiger partial charge in [0.1, 0.15) is 17.2 Å². The van der Waals surface area contributed by atoms with Gasteiger partial charge in [0.2, 0.25) is 5.95 Å². The van der Waals surface area contributed by atoms with Gasteiger partial charge in [0, 0.05) is 81.9 Å². The van der Waals surface area contributed by atoms with E-state index in [1.54, 1.807) is 13.3 Å². The molecule has 0 radical (unpaired) electrons. The summed E-state index contributed by atoms with van der Waals surface area (Å²) in [5, 5.41) is 13.6. The molecular weight excluding hydrogens is 458 g/mol. The van der Waals surface area contributed by atoms with Crippen molar-refractivity contribution in [3.05, 3.63) is 47.9 Å². The highest BCUT2D eigenvalue weighted by atomic mass is 16.5. The maximum absolute atomic E-state index is 13.4. The Labute approximate surface area is 210 Å². The van der Waals surface area contributed by atoms with Gasteiger partial charge in [-0.05, 0) is 32.4 Å². The molecular formula is C25H33N9O2. The van der Waals surface area contributed by atoms with E-state index in [1.165, 1.54) is 0 Å². The molecule has 2 saturated heterocycles. The number of nitrogens with zero attached hydrogens (tertiary/aromatic N) is 6. The van der Waals surface area contributed by atoms with Gasteiger partial charge in [-0.25, -0.2) is 9.97 Å². The summed E-state index contributed by atoms with van der Waals surface area (Å²) in [7, 11) is 1.63. The van der Waals surface area contributed by atoms with Crippen molar-refractivity contribution in [3.63, 3.8) is 0 Å². The second kappa shape index (κ2) is 10.1. The van der Waals surface area contributed by atoms with Crippen LogP contribution in [-0.4, -0.2) is 76.0 Å². The molecule has 0 bridgehead atoms. The summed E-state index contributed by atoms with van der Waals surface area (Å²) in [5.41, 5.74) is 0.970. The van der Waals surface area contributed by atoms with Crippen LogP contribution in [0.4, 0.5) is 23.4 Å². The molecule has 0 aromatic carbocycles. The number of amides is 1. The monoisotopic (exact) mass is 491 g/mol. The van der Waals surface area contributed by atoms with Crippen molar-refractivity contribution in [2.24, 2.45) is 0 Å². The number of rotatable bonds is 7. The highest BCUT2D eigenvalue weighted by molar-refractivity contribution is 5.86. The minimum atomic E-state index is -0.855. The topological polar surface area (TPSA) is 124 Å². The Hall–Kier alpha value is -3.73. The number of hydrogen-bond donors (Lipinski definition) is 3. The fourth-order valence-corrected chi connectivity index (χ4v) is 4.91. The van der Waals surface area contributed by atoms with Gasteiger partial charge in [-0.15, -0.1) is 0 Å². The van der Waals surface area contributed by atoms with E-state index >= 15 is 0 Å². The van der Waals surface area contributed by atoms with Crippen LogP contribution in [0.2, 0.25) is 0 Å². The fourth-order valence-electron chi connectivity index (χ4n) is 4.91. The third-order valence-electron chi connectivity index (χ3n) is 6.96. The van der Waals surface area contributed by atoms with Crippen molar-refractivity contribution in [1.82, 2.24) is 30.5 Å². The van der Waals surface area contributed by atoms with E-state index in [1.807, 2.05) is 44.2 Å². The minimum absolute atomic E-state index is 0.0426. The van der Waals surface area contributed by atoms with Crippen LogP contribution < -0.4 is 20.4 Å². The van der Waals surface area contributed by atoms with Gasteiger partial charge in [-0.1, -0.05) is 6.07 Å². The summed E-state index contributed by atoms with van der Waals surface area (Å²) in [4.78, 5) is 31.4. The Balaban J connectivity index is 1.20. The first kappa shape index (κ1) is 24.0. The number of aryl methyl sites for hydroxylation is 2. The van der Waals surface area contributed by atoms with Crippen LogP contribution >= 0.6 is 0 Å². The number of H-pyrrole nitrogens is 1. The Morgan fingerprint density at radius 1 is 1.11 bits per heavy atom. The van der Waals surface area contributed by atoms with E-state index in [-0.39, 0.29) is 11.9 Å². The summed E-state index contributed by atoms with van der Waals surface area (Å²) >= 11 is 0. The van der Waals surface area contributed by atoms with E-state index in [2.05, 4.69) is 40.6 Å². The van der Waals surface area contributed by atoms with Gasteiger partial charge in [-0.2, -0.15) is 10.1 Å². The molecule has 3 N–H and O–H groups in total. The van der Waals surface area contributed by atoms with Gasteiger partial charge in [0.05, 0.1) is 0 Å². The number of carbonyl (C=O) groups excluding carboxylic acids is 1. The zero-order valence-corrected chi connectivity index (χ0v) is 21.0. The van der Waals surface area contributed by atoms with Gasteiger partial charge < -0.3 is 25.2 Å². The average Bonchev–Trinajstić information content (AvgIpc) is 3.53. The Morgan fingerprint density at radius 2 is 1.94 bits per heavy atom. The lowest BCUT2D eigenvalue weighted by atomic mass is 9.89. The molecule has 0 unspecified atom stereocenters. The first-order chi connectivity index (χ1) is 17.4. The highest BCUT2D eigenvalue weighted by Gasteiger charge is 2.43. The normalized spacial score (nSPS) is 19.4. The van der Waals surface area contributed by atoms with E-state index in [0.717, 1.165) is 36.7 Å². The minimum Gasteiger partial charge on any atom is -0.368 e. The molecule has 0 saturated carbocycles. The molecule has 5 rings (SSSR count). The van der Waals surface area contributed by atoms with E-state index < -0.39 is 5.60 Å². The number of piperidine rings is 1. The van der Waals surface area contributed by atoms with Gasteiger partial charge >= 0.3 is 0 Å². The van der Waals surface area contributed by atoms with Crippen molar-refractivity contribution < 1.29 is 9.53 Å². The maximum atomic E-state index is 13.4. The Bertz CT molecular complexity index is 1190. The van der Waals surface area contributed by atoms with Crippen LogP contribution in [0.3, 0.4) is 0 Å². The molecule has 3 aromatic rings. The molecule has 11 nitrogen and oxygen atoms in total. The highest BCUT2D eigenvalue weighted by Crippen LogP contribution is 2.30. The van der Waals surface area contributed by atoms with Crippen molar-refractivity contribution >= 4 is 29.3 Å². The molecule has 11 heteroatoms. The van der Waals surface area contributed by atoms with Crippen LogP contribution in [0.5, 0.6) is 0 Å². The molecule has 2 aliphatic rings. The summed E-state index contributed by atoms with van der Waals surface area (Å²) in [6.07, 6.45) is 3.80. The standard InChI is InChI=1S/C25H33N9O2/c1-17-14-20(29-21-15-18(2)31-32-21)30-24(27-17)33-12-8-25(36-3,9-13-33)23(35)28-19-7-11-34(16-19)22-6-4-5-10-26-22/h4-6,10,14-15,19H,7-9,11-13,16H2,1-3H3,(H,28,35)(H2,27,29,30,31,32)/t19-/m1/s1. The van der Waals surface area contributed by atoms with Crippen LogP contribution in [0.25, 0.3) is 0 Å². The molecule has 1 amide bonds. The molecule has 190 valence electrons. The van der Waals surface area contributed by atoms with E-state index in [0.29, 0.717) is 43.5 Å². The van der Waals surface area contributed by atoms with Gasteiger partial charge in [-0.3, -0.25) is 9.89 Å². The first-order valence-electron chi connectivity index (χ1n) is 12.4. The largest absolute Gasteiger partial charge is 0.368 e. The Kier molecular flexibility index (Phi) is 6.73. The Morgan fingerprint density at radius 3 is 2.64 bits per heavy atom. The zero-order chi connectivity index (χ0) is 25.1. The van der Waals surface area contributed by atoms with Crippen molar-refractivity contribution in [1.29, 1.82) is 0 Å². The number of methoxy groups -OCH3 is 1. The third-order valence-corrected chi connectivity index (χ3v) is 6.96. The van der Waals surface area contributed by atoms with Crippen LogP contribution in [0, 0.1) is 13.8 Å². The van der Waals surface area contributed by atoms with Crippen LogP contribution in [-0.2, 0) is 9.53 Å². The van der Waals surface area contributed by atoms with Crippen molar-refractivity contribution in [3.8, 4) is 0 Å². The lowest BCUT2D eigenvalue weighted by Crippen LogP contribution is -2.57. The fraction of sp³-hybridized carbons (Fsp3) is 0.480. The predicted octanol–water partition coefficient (Wildman–Crippen LogP) is 2.34. The lowest BCUT2D eigenvalue weighted by molar-refractivity contribution is -0.146. The summed E-state index contributed by atoms with van der Waals surface area (Å²) in [5.74, 6) is 2.93. The SMILES string of the molecule is COC1(C(=O)N[C@@H]2CCN(c3ccccn3)C2)CCN(c2nc(C)cc(Nc3cc(C)[nH]n3)n2)CC1. The zero-order valence-electron chi connectivity index (χ0n) is 21.0. The van der Waals surface area contributed by atoms with Crippen molar-refractivity contribution in [2.45, 2.75) is 44.8 Å². The number of ether oxygens (including phenoxy) is 1. The third kappa shape index (κ3) is 5.11. The number of carbonyl (C=O) groups is 1. The molecule has 3 aromatic heterocycles. The van der Waals surface area contributed by atoms with E-state index in [9.17, 15) is 4.79 Å². The van der Waals surface area contributed by atoms with Gasteiger partial charge in [0.25, 0.3) is 5.91 Å². The smallest absolute Gasteiger partial charge is 0.252 e. The second-order valence-corrected chi connectivity index (χ2v) is 9.53. The van der Waals surface area contributed by atoms with E-state index in [4.69, 9.17) is 9.72 Å². The number of hydrogen-bond acceptors (Lipinski definition) is 9.